The van der Waals surface area contributed by atoms with Crippen molar-refractivity contribution in [2.45, 2.75) is 25.9 Å². The van der Waals surface area contributed by atoms with Gasteiger partial charge in [0.1, 0.15) is 11.5 Å². The maximum absolute atomic E-state index is 16.1. The van der Waals surface area contributed by atoms with E-state index in [-0.39, 0.29) is 46.1 Å². The number of hydrogen-bond donors (Lipinski definition) is 1. The smallest absolute Gasteiger partial charge is 0.269 e. The number of halogens is 2. The monoisotopic (exact) mass is 488 g/mol. The number of piperazine rings is 1. The van der Waals surface area contributed by atoms with Crippen molar-refractivity contribution in [2.75, 3.05) is 27.2 Å². The lowest BCUT2D eigenvalue weighted by Gasteiger charge is -2.46. The molecule has 0 aliphatic carbocycles. The number of pyridine rings is 1. The molecule has 34 heavy (non-hydrogen) atoms. The van der Waals surface area contributed by atoms with E-state index in [1.807, 2.05) is 0 Å². The standard InChI is InChI=1S/C24H26ClFN4O4/c1-6-21(32)29-7-8-30(14(3)31)23(13(29)2)18-12-16(25)11-17(22(18)26)15-9-19(24(33)27-4)28-20(10-15)34-5/h6,9-13,23H,1,7-8H2,2-5H3,(H,27,33)/t13-,23+/m0/s1. The van der Waals surface area contributed by atoms with Crippen molar-refractivity contribution in [3.63, 3.8) is 0 Å². The van der Waals surface area contributed by atoms with E-state index in [4.69, 9.17) is 16.3 Å². The second-order valence-corrected chi connectivity index (χ2v) is 8.29. The van der Waals surface area contributed by atoms with E-state index in [1.165, 1.54) is 56.3 Å². The Hall–Kier alpha value is -3.46. The van der Waals surface area contributed by atoms with E-state index in [0.29, 0.717) is 12.1 Å². The molecule has 1 aliphatic heterocycles. The highest BCUT2D eigenvalue weighted by Crippen LogP contribution is 2.39. The van der Waals surface area contributed by atoms with Crippen LogP contribution in [0.1, 0.15) is 35.9 Å². The average molecular weight is 489 g/mol. The Morgan fingerprint density at radius 1 is 1.24 bits per heavy atom. The van der Waals surface area contributed by atoms with Gasteiger partial charge in [-0.15, -0.1) is 0 Å². The normalized spacial score (nSPS) is 17.8. The van der Waals surface area contributed by atoms with Crippen molar-refractivity contribution in [3.8, 4) is 17.0 Å². The van der Waals surface area contributed by atoms with Gasteiger partial charge in [-0.3, -0.25) is 14.4 Å². The van der Waals surface area contributed by atoms with Crippen molar-refractivity contribution >= 4 is 29.3 Å². The molecule has 0 unspecified atom stereocenters. The van der Waals surface area contributed by atoms with Gasteiger partial charge in [0.2, 0.25) is 17.7 Å². The minimum absolute atomic E-state index is 0.0388. The average Bonchev–Trinajstić information content (AvgIpc) is 2.83. The lowest BCUT2D eigenvalue weighted by atomic mass is 9.91. The number of ether oxygens (including phenoxy) is 1. The van der Waals surface area contributed by atoms with Crippen LogP contribution < -0.4 is 10.1 Å². The third-order valence-electron chi connectivity index (χ3n) is 5.89. The first-order valence-corrected chi connectivity index (χ1v) is 11.0. The highest BCUT2D eigenvalue weighted by molar-refractivity contribution is 6.31. The molecule has 1 saturated heterocycles. The number of hydrogen-bond acceptors (Lipinski definition) is 5. The first kappa shape index (κ1) is 25.2. The molecule has 2 heterocycles. The van der Waals surface area contributed by atoms with Crippen LogP contribution in [0.25, 0.3) is 11.1 Å². The fourth-order valence-electron chi connectivity index (χ4n) is 4.24. The third-order valence-corrected chi connectivity index (χ3v) is 6.11. The van der Waals surface area contributed by atoms with Crippen molar-refractivity contribution in [1.29, 1.82) is 0 Å². The van der Waals surface area contributed by atoms with Crippen LogP contribution in [0.15, 0.2) is 36.9 Å². The minimum atomic E-state index is -0.783. The zero-order chi connectivity index (χ0) is 25.2. The number of nitrogens with one attached hydrogen (secondary N) is 1. The first-order chi connectivity index (χ1) is 16.1. The zero-order valence-corrected chi connectivity index (χ0v) is 20.1. The molecule has 1 aromatic heterocycles. The molecule has 1 aliphatic rings. The van der Waals surface area contributed by atoms with Gasteiger partial charge in [0, 0.05) is 49.3 Å². The summed E-state index contributed by atoms with van der Waals surface area (Å²) >= 11 is 6.40. The summed E-state index contributed by atoms with van der Waals surface area (Å²) in [4.78, 5) is 44.2. The molecule has 180 valence electrons. The highest BCUT2D eigenvalue weighted by Gasteiger charge is 2.39. The first-order valence-electron chi connectivity index (χ1n) is 10.6. The molecular formula is C24H26ClFN4O4. The fourth-order valence-corrected chi connectivity index (χ4v) is 4.47. The van der Waals surface area contributed by atoms with Gasteiger partial charge in [0.15, 0.2) is 0 Å². The van der Waals surface area contributed by atoms with Gasteiger partial charge in [0.25, 0.3) is 5.91 Å². The lowest BCUT2D eigenvalue weighted by Crippen LogP contribution is -2.56. The summed E-state index contributed by atoms with van der Waals surface area (Å²) in [6, 6.07) is 4.48. The predicted octanol–water partition coefficient (Wildman–Crippen LogP) is 3.22. The maximum Gasteiger partial charge on any atom is 0.269 e. The minimum Gasteiger partial charge on any atom is -0.481 e. The Morgan fingerprint density at radius 2 is 1.91 bits per heavy atom. The quantitative estimate of drug-likeness (QED) is 0.652. The van der Waals surface area contributed by atoms with Crippen LogP contribution in [0.4, 0.5) is 4.39 Å². The van der Waals surface area contributed by atoms with Gasteiger partial charge in [-0.25, -0.2) is 9.37 Å². The molecule has 0 saturated carbocycles. The molecule has 0 radical (unpaired) electrons. The fraction of sp³-hybridized carbons (Fsp3) is 0.333. The van der Waals surface area contributed by atoms with Crippen LogP contribution in [0.2, 0.25) is 5.02 Å². The van der Waals surface area contributed by atoms with Gasteiger partial charge >= 0.3 is 0 Å². The summed E-state index contributed by atoms with van der Waals surface area (Å²) in [6.45, 7) is 7.22. The van der Waals surface area contributed by atoms with Gasteiger partial charge in [-0.05, 0) is 36.8 Å². The Labute approximate surface area is 202 Å². The molecular weight excluding hydrogens is 463 g/mol. The van der Waals surface area contributed by atoms with E-state index >= 15 is 4.39 Å². The molecule has 10 heteroatoms. The number of rotatable bonds is 5. The second-order valence-electron chi connectivity index (χ2n) is 7.85. The van der Waals surface area contributed by atoms with E-state index in [9.17, 15) is 14.4 Å². The summed E-state index contributed by atoms with van der Waals surface area (Å²) in [7, 11) is 2.84. The summed E-state index contributed by atoms with van der Waals surface area (Å²) in [5, 5.41) is 2.71. The van der Waals surface area contributed by atoms with E-state index in [1.54, 1.807) is 11.8 Å². The van der Waals surface area contributed by atoms with Gasteiger partial charge in [0.05, 0.1) is 19.2 Å². The molecule has 0 spiro atoms. The van der Waals surface area contributed by atoms with Crippen LogP contribution in [0, 0.1) is 5.82 Å². The number of carbonyl (C=O) groups is 3. The van der Waals surface area contributed by atoms with Crippen LogP contribution in [-0.2, 0) is 9.59 Å². The van der Waals surface area contributed by atoms with E-state index in [0.717, 1.165) is 0 Å². The zero-order valence-electron chi connectivity index (χ0n) is 19.4. The van der Waals surface area contributed by atoms with Crippen LogP contribution in [-0.4, -0.2) is 65.8 Å². The Morgan fingerprint density at radius 3 is 2.50 bits per heavy atom. The molecule has 2 atom stereocenters. The van der Waals surface area contributed by atoms with Crippen LogP contribution in [0.3, 0.4) is 0 Å². The summed E-state index contributed by atoms with van der Waals surface area (Å²) in [5.41, 5.74) is 0.626. The van der Waals surface area contributed by atoms with Gasteiger partial charge in [-0.1, -0.05) is 18.2 Å². The lowest BCUT2D eigenvalue weighted by molar-refractivity contribution is -0.143. The molecule has 1 fully saturated rings. The van der Waals surface area contributed by atoms with Crippen molar-refractivity contribution < 1.29 is 23.5 Å². The highest BCUT2D eigenvalue weighted by atomic mass is 35.5. The molecule has 1 N–H and O–H groups in total. The van der Waals surface area contributed by atoms with E-state index < -0.39 is 23.8 Å². The Kier molecular flexibility index (Phi) is 7.56. The number of carbonyl (C=O) groups excluding carboxylic acids is 3. The largest absolute Gasteiger partial charge is 0.481 e. The second kappa shape index (κ2) is 10.2. The summed E-state index contributed by atoms with van der Waals surface area (Å²) < 4.78 is 21.3. The van der Waals surface area contributed by atoms with Crippen molar-refractivity contribution in [2.24, 2.45) is 0 Å². The SMILES string of the molecule is C=CC(=O)N1CCN(C(C)=O)[C@@H](c2cc(Cl)cc(-c3cc(OC)nc(C(=O)NC)c3)c2F)[C@@H]1C. The third kappa shape index (κ3) is 4.75. The van der Waals surface area contributed by atoms with Crippen LogP contribution >= 0.6 is 11.6 Å². The molecule has 1 aromatic carbocycles. The summed E-state index contributed by atoms with van der Waals surface area (Å²) in [6.07, 6.45) is 1.19. The number of methoxy groups -OCH3 is 1. The molecule has 2 aromatic rings. The molecule has 3 amide bonds. The van der Waals surface area contributed by atoms with Crippen LogP contribution in [0.5, 0.6) is 5.88 Å². The van der Waals surface area contributed by atoms with E-state index in [2.05, 4.69) is 16.9 Å². The number of nitrogens with zero attached hydrogens (tertiary/aromatic N) is 3. The number of aromatic nitrogens is 1. The van der Waals surface area contributed by atoms with Gasteiger partial charge in [-0.2, -0.15) is 0 Å². The Bertz CT molecular complexity index is 1160. The molecule has 8 nitrogen and oxygen atoms in total. The molecule has 3 rings (SSSR count). The number of benzene rings is 1. The molecule has 0 bridgehead atoms. The van der Waals surface area contributed by atoms with Crippen molar-refractivity contribution in [1.82, 2.24) is 20.1 Å². The topological polar surface area (TPSA) is 91.8 Å². The predicted molar refractivity (Wildman–Crippen MR) is 126 cm³/mol. The van der Waals surface area contributed by atoms with Crippen molar-refractivity contribution in [3.05, 3.63) is 59.0 Å². The maximum atomic E-state index is 16.1. The summed E-state index contributed by atoms with van der Waals surface area (Å²) in [5.74, 6) is -1.54. The van der Waals surface area contributed by atoms with Gasteiger partial charge < -0.3 is 19.9 Å². The number of amides is 3. The Balaban J connectivity index is 2.21.